The highest BCUT2D eigenvalue weighted by molar-refractivity contribution is 9.10. The van der Waals surface area contributed by atoms with E-state index < -0.39 is 0 Å². The zero-order chi connectivity index (χ0) is 18.2. The highest BCUT2D eigenvalue weighted by Crippen LogP contribution is 2.26. The van der Waals surface area contributed by atoms with Crippen molar-refractivity contribution in [3.63, 3.8) is 0 Å². The summed E-state index contributed by atoms with van der Waals surface area (Å²) in [7, 11) is 0. The third kappa shape index (κ3) is 3.26. The van der Waals surface area contributed by atoms with Crippen molar-refractivity contribution in [1.29, 1.82) is 0 Å². The van der Waals surface area contributed by atoms with Crippen molar-refractivity contribution in [2.75, 3.05) is 6.54 Å². The van der Waals surface area contributed by atoms with Crippen molar-refractivity contribution in [3.05, 3.63) is 76.4 Å². The SMILES string of the molecule is Brc1ccc2[nH]cc(CN3CCc4cnc(-c5cccnc5)nc4C3)c2c1. The van der Waals surface area contributed by atoms with Crippen LogP contribution in [0.25, 0.3) is 22.3 Å². The number of benzene rings is 1. The summed E-state index contributed by atoms with van der Waals surface area (Å²) in [5, 5.41) is 1.27. The molecule has 4 aromatic rings. The maximum atomic E-state index is 4.83. The molecule has 5 nitrogen and oxygen atoms in total. The Bertz CT molecular complexity index is 1110. The molecule has 134 valence electrons. The first-order valence-corrected chi connectivity index (χ1v) is 9.78. The first-order valence-electron chi connectivity index (χ1n) is 8.99. The number of rotatable bonds is 3. The fraction of sp³-hybridized carbons (Fsp3) is 0.190. The minimum Gasteiger partial charge on any atom is -0.361 e. The molecule has 0 bridgehead atoms. The lowest BCUT2D eigenvalue weighted by Crippen LogP contribution is -2.31. The molecule has 4 heterocycles. The summed E-state index contributed by atoms with van der Waals surface area (Å²) in [5.74, 6) is 0.750. The van der Waals surface area contributed by atoms with Gasteiger partial charge in [-0.15, -0.1) is 0 Å². The van der Waals surface area contributed by atoms with Crippen LogP contribution < -0.4 is 0 Å². The number of pyridine rings is 1. The van der Waals surface area contributed by atoms with Crippen molar-refractivity contribution in [2.24, 2.45) is 0 Å². The van der Waals surface area contributed by atoms with Crippen molar-refractivity contribution < 1.29 is 0 Å². The van der Waals surface area contributed by atoms with Gasteiger partial charge in [0.15, 0.2) is 5.82 Å². The van der Waals surface area contributed by atoms with Gasteiger partial charge in [0.25, 0.3) is 0 Å². The van der Waals surface area contributed by atoms with Gasteiger partial charge < -0.3 is 4.98 Å². The van der Waals surface area contributed by atoms with Gasteiger partial charge in [0.2, 0.25) is 0 Å². The number of halogens is 1. The van der Waals surface area contributed by atoms with E-state index in [4.69, 9.17) is 4.98 Å². The van der Waals surface area contributed by atoms with Crippen LogP contribution in [0.1, 0.15) is 16.8 Å². The molecule has 0 radical (unpaired) electrons. The molecule has 5 rings (SSSR count). The van der Waals surface area contributed by atoms with Gasteiger partial charge in [-0.1, -0.05) is 15.9 Å². The first-order chi connectivity index (χ1) is 13.3. The average molecular weight is 420 g/mol. The minimum atomic E-state index is 0.750. The molecule has 6 heteroatoms. The molecule has 0 unspecified atom stereocenters. The van der Waals surface area contributed by atoms with Crippen molar-refractivity contribution in [2.45, 2.75) is 19.5 Å². The first kappa shape index (κ1) is 16.6. The number of aromatic amines is 1. The maximum Gasteiger partial charge on any atom is 0.160 e. The number of aromatic nitrogens is 4. The maximum absolute atomic E-state index is 4.83. The molecule has 1 aromatic carbocycles. The molecule has 27 heavy (non-hydrogen) atoms. The van der Waals surface area contributed by atoms with Gasteiger partial charge >= 0.3 is 0 Å². The molecule has 0 aliphatic carbocycles. The second-order valence-electron chi connectivity index (χ2n) is 6.87. The zero-order valence-electron chi connectivity index (χ0n) is 14.7. The average Bonchev–Trinajstić information content (AvgIpc) is 3.10. The molecule has 1 aliphatic heterocycles. The zero-order valence-corrected chi connectivity index (χ0v) is 16.3. The topological polar surface area (TPSA) is 57.7 Å². The van der Waals surface area contributed by atoms with E-state index in [0.717, 1.165) is 47.6 Å². The molecule has 0 saturated carbocycles. The van der Waals surface area contributed by atoms with Crippen LogP contribution in [-0.2, 0) is 19.5 Å². The monoisotopic (exact) mass is 419 g/mol. The van der Waals surface area contributed by atoms with E-state index in [1.165, 1.54) is 22.0 Å². The highest BCUT2D eigenvalue weighted by atomic mass is 79.9. The van der Waals surface area contributed by atoms with Gasteiger partial charge in [0.05, 0.1) is 5.69 Å². The highest BCUT2D eigenvalue weighted by Gasteiger charge is 2.20. The summed E-state index contributed by atoms with van der Waals surface area (Å²) in [5.41, 5.74) is 5.82. The molecular formula is C21H18BrN5. The number of H-pyrrole nitrogens is 1. The summed E-state index contributed by atoms with van der Waals surface area (Å²) in [6.45, 7) is 2.76. The smallest absolute Gasteiger partial charge is 0.160 e. The lowest BCUT2D eigenvalue weighted by atomic mass is 10.1. The lowest BCUT2D eigenvalue weighted by Gasteiger charge is -2.27. The van der Waals surface area contributed by atoms with Gasteiger partial charge in [0.1, 0.15) is 0 Å². The van der Waals surface area contributed by atoms with Crippen molar-refractivity contribution in [3.8, 4) is 11.4 Å². The Kier molecular flexibility index (Phi) is 4.22. The van der Waals surface area contributed by atoms with Crippen LogP contribution in [-0.4, -0.2) is 31.4 Å². The Labute approximate surface area is 165 Å². The van der Waals surface area contributed by atoms with Crippen LogP contribution in [0.4, 0.5) is 0 Å². The van der Waals surface area contributed by atoms with Crippen LogP contribution >= 0.6 is 15.9 Å². The van der Waals surface area contributed by atoms with Gasteiger partial charge in [-0.3, -0.25) is 9.88 Å². The minimum absolute atomic E-state index is 0.750. The normalized spacial score (nSPS) is 14.4. The van der Waals surface area contributed by atoms with Crippen molar-refractivity contribution >= 4 is 26.8 Å². The van der Waals surface area contributed by atoms with Crippen LogP contribution in [0.15, 0.2) is 59.6 Å². The molecule has 0 spiro atoms. The van der Waals surface area contributed by atoms with E-state index in [1.54, 1.807) is 6.20 Å². The molecule has 0 amide bonds. The second-order valence-corrected chi connectivity index (χ2v) is 7.79. The van der Waals surface area contributed by atoms with Crippen molar-refractivity contribution in [1.82, 2.24) is 24.8 Å². The molecule has 0 saturated heterocycles. The summed E-state index contributed by atoms with van der Waals surface area (Å²) in [4.78, 5) is 19.4. The van der Waals surface area contributed by atoms with E-state index in [1.807, 2.05) is 24.5 Å². The Hall–Kier alpha value is -2.57. The molecule has 3 aromatic heterocycles. The summed E-state index contributed by atoms with van der Waals surface area (Å²) in [6.07, 6.45) is 8.66. The number of fused-ring (bicyclic) bond motifs is 2. The van der Waals surface area contributed by atoms with E-state index >= 15 is 0 Å². The predicted molar refractivity (Wildman–Crippen MR) is 109 cm³/mol. The van der Waals surface area contributed by atoms with E-state index in [2.05, 4.69) is 60.2 Å². The van der Waals surface area contributed by atoms with Gasteiger partial charge in [-0.05, 0) is 47.9 Å². The number of nitrogens with one attached hydrogen (secondary N) is 1. The summed E-state index contributed by atoms with van der Waals surface area (Å²) >= 11 is 3.58. The summed E-state index contributed by atoms with van der Waals surface area (Å²) in [6, 6.07) is 10.3. The van der Waals surface area contributed by atoms with Crippen LogP contribution in [0.5, 0.6) is 0 Å². The number of nitrogens with zero attached hydrogens (tertiary/aromatic N) is 4. The fourth-order valence-corrected chi connectivity index (χ4v) is 4.01. The number of hydrogen-bond acceptors (Lipinski definition) is 4. The van der Waals surface area contributed by atoms with Crippen LogP contribution in [0.3, 0.4) is 0 Å². The lowest BCUT2D eigenvalue weighted by molar-refractivity contribution is 0.242. The largest absolute Gasteiger partial charge is 0.361 e. The fourth-order valence-electron chi connectivity index (χ4n) is 3.65. The molecule has 1 aliphatic rings. The number of hydrogen-bond donors (Lipinski definition) is 1. The standard InChI is InChI=1S/C21H18BrN5/c22-17-3-4-19-18(8-17)16(11-24-19)12-27-7-5-14-10-25-21(26-20(14)13-27)15-2-1-6-23-9-15/h1-4,6,8-11,24H,5,7,12-13H2. The van der Waals surface area contributed by atoms with Gasteiger partial charge in [0, 0.05) is 65.4 Å². The van der Waals surface area contributed by atoms with Crippen LogP contribution in [0.2, 0.25) is 0 Å². The van der Waals surface area contributed by atoms with E-state index in [0.29, 0.717) is 0 Å². The van der Waals surface area contributed by atoms with Gasteiger partial charge in [-0.25, -0.2) is 9.97 Å². The third-order valence-corrected chi connectivity index (χ3v) is 5.56. The molecule has 1 N–H and O–H groups in total. The Morgan fingerprint density at radius 2 is 2.15 bits per heavy atom. The Morgan fingerprint density at radius 1 is 1.19 bits per heavy atom. The third-order valence-electron chi connectivity index (χ3n) is 5.07. The molecule has 0 atom stereocenters. The predicted octanol–water partition coefficient (Wildman–Crippen LogP) is 4.34. The summed E-state index contributed by atoms with van der Waals surface area (Å²) < 4.78 is 1.11. The van der Waals surface area contributed by atoms with Crippen LogP contribution in [0, 0.1) is 0 Å². The Balaban J connectivity index is 1.41. The van der Waals surface area contributed by atoms with E-state index in [-0.39, 0.29) is 0 Å². The Morgan fingerprint density at radius 3 is 3.04 bits per heavy atom. The van der Waals surface area contributed by atoms with Gasteiger partial charge in [-0.2, -0.15) is 0 Å². The molecule has 0 fully saturated rings. The molecular weight excluding hydrogens is 402 g/mol. The quantitative estimate of drug-likeness (QED) is 0.536. The van der Waals surface area contributed by atoms with E-state index in [9.17, 15) is 0 Å². The second kappa shape index (κ2) is 6.87.